The molecule has 0 amide bonds. The quantitative estimate of drug-likeness (QED) is 0.615. The fourth-order valence-corrected chi connectivity index (χ4v) is 1.18. The van der Waals surface area contributed by atoms with Crippen LogP contribution >= 0.6 is 0 Å². The smallest absolute Gasteiger partial charge is 0.0702 e. The second kappa shape index (κ2) is 2.78. The molecule has 12 heavy (non-hydrogen) atoms. The molecule has 0 saturated carbocycles. The van der Waals surface area contributed by atoms with E-state index in [2.05, 4.69) is 4.98 Å². The highest BCUT2D eigenvalue weighted by atomic mass is 14.6. The third-order valence-electron chi connectivity index (χ3n) is 1.80. The molecule has 0 N–H and O–H groups in total. The summed E-state index contributed by atoms with van der Waals surface area (Å²) in [5.41, 5.74) is 1.96. The van der Waals surface area contributed by atoms with Crippen LogP contribution in [0.25, 0.3) is 17.0 Å². The second-order valence-corrected chi connectivity index (χ2v) is 2.63. The van der Waals surface area contributed by atoms with Gasteiger partial charge in [0.1, 0.15) is 0 Å². The van der Waals surface area contributed by atoms with Crippen molar-refractivity contribution in [1.29, 1.82) is 0 Å². The molecule has 0 aliphatic rings. The molecule has 1 aromatic heterocycles. The average Bonchev–Trinajstić information content (AvgIpc) is 2.17. The van der Waals surface area contributed by atoms with E-state index in [1.54, 1.807) is 12.3 Å². The van der Waals surface area contributed by atoms with Crippen LogP contribution in [0.1, 0.15) is 5.56 Å². The second-order valence-electron chi connectivity index (χ2n) is 2.63. The molecule has 1 nitrogen and oxygen atoms in total. The number of para-hydroxylation sites is 1. The number of rotatable bonds is 1. The summed E-state index contributed by atoms with van der Waals surface area (Å²) in [6.45, 7) is 5.38. The minimum absolute atomic E-state index is 0.953. The topological polar surface area (TPSA) is 12.9 Å². The van der Waals surface area contributed by atoms with Crippen molar-refractivity contribution in [3.63, 3.8) is 0 Å². The van der Waals surface area contributed by atoms with E-state index in [0.717, 1.165) is 16.5 Å². The molecule has 0 atom stereocenters. The van der Waals surface area contributed by atoms with Crippen molar-refractivity contribution in [3.8, 4) is 0 Å². The number of aromatic nitrogens is 1. The number of benzene rings is 1. The molecule has 0 saturated heterocycles. The monoisotopic (exact) mass is 154 g/mol. The lowest BCUT2D eigenvalue weighted by Crippen LogP contribution is -1.79. The molecule has 2 aromatic rings. The number of hydrogen-bond donors (Lipinski definition) is 0. The fraction of sp³-hybridized carbons (Fsp3) is 0. The Morgan fingerprint density at radius 2 is 2.08 bits per heavy atom. The van der Waals surface area contributed by atoms with Crippen molar-refractivity contribution in [2.24, 2.45) is 0 Å². The number of fused-ring (bicyclic) bond motifs is 1. The summed E-state index contributed by atoms with van der Waals surface area (Å²) in [6.07, 6.45) is 3.32. The largest absolute Gasteiger partial charge is 0.256 e. The standard InChI is InChI=1S/C11H8N/c1-2-9-7-10-5-3-4-6-11(10)12-8-9/h1-8H. The molecular formula is C11H8N. The van der Waals surface area contributed by atoms with E-state index in [9.17, 15) is 0 Å². The minimum Gasteiger partial charge on any atom is -0.256 e. The molecule has 1 aromatic carbocycles. The third kappa shape index (κ3) is 1.10. The molecule has 0 aliphatic heterocycles. The van der Waals surface area contributed by atoms with E-state index >= 15 is 0 Å². The maximum Gasteiger partial charge on any atom is 0.0702 e. The Bertz CT molecular complexity index is 418. The Labute approximate surface area is 71.4 Å². The van der Waals surface area contributed by atoms with E-state index in [1.165, 1.54) is 0 Å². The molecule has 0 aliphatic carbocycles. The lowest BCUT2D eigenvalue weighted by atomic mass is 10.2. The molecule has 0 bridgehead atoms. The van der Waals surface area contributed by atoms with Gasteiger partial charge in [-0.25, -0.2) is 0 Å². The van der Waals surface area contributed by atoms with Crippen molar-refractivity contribution in [2.45, 2.75) is 0 Å². The van der Waals surface area contributed by atoms with E-state index in [0.29, 0.717) is 0 Å². The lowest BCUT2D eigenvalue weighted by Gasteiger charge is -1.96. The van der Waals surface area contributed by atoms with Gasteiger partial charge in [-0.05, 0) is 17.7 Å². The third-order valence-corrected chi connectivity index (χ3v) is 1.80. The zero-order valence-electron chi connectivity index (χ0n) is 6.57. The minimum atomic E-state index is 0.953. The van der Waals surface area contributed by atoms with E-state index in [4.69, 9.17) is 6.58 Å². The summed E-state index contributed by atoms with van der Waals surface area (Å²) in [4.78, 5) is 4.24. The van der Waals surface area contributed by atoms with Gasteiger partial charge in [-0.15, -0.1) is 0 Å². The molecule has 2 rings (SSSR count). The van der Waals surface area contributed by atoms with Crippen LogP contribution in [-0.2, 0) is 0 Å². The van der Waals surface area contributed by atoms with Crippen LogP contribution in [0, 0.1) is 6.58 Å². The Morgan fingerprint density at radius 1 is 1.25 bits per heavy atom. The van der Waals surface area contributed by atoms with Gasteiger partial charge in [0.15, 0.2) is 0 Å². The molecule has 57 valence electrons. The van der Waals surface area contributed by atoms with Gasteiger partial charge in [-0.3, -0.25) is 4.98 Å². The first kappa shape index (κ1) is 7.04. The molecule has 0 spiro atoms. The van der Waals surface area contributed by atoms with Gasteiger partial charge in [0.25, 0.3) is 0 Å². The van der Waals surface area contributed by atoms with Crippen LogP contribution < -0.4 is 0 Å². The molecular weight excluding hydrogens is 146 g/mol. The van der Waals surface area contributed by atoms with Crippen LogP contribution in [0.4, 0.5) is 0 Å². The van der Waals surface area contributed by atoms with Crippen molar-refractivity contribution < 1.29 is 0 Å². The summed E-state index contributed by atoms with van der Waals surface area (Å²) in [6, 6.07) is 9.98. The highest BCUT2D eigenvalue weighted by Crippen LogP contribution is 2.12. The Kier molecular flexibility index (Phi) is 1.63. The van der Waals surface area contributed by atoms with Crippen LogP contribution in [0.2, 0.25) is 0 Å². The molecule has 0 unspecified atom stereocenters. The zero-order chi connectivity index (χ0) is 8.39. The number of nitrogens with zero attached hydrogens (tertiary/aromatic N) is 1. The highest BCUT2D eigenvalue weighted by molar-refractivity contribution is 5.80. The summed E-state index contributed by atoms with van der Waals surface area (Å²) in [7, 11) is 0. The predicted molar refractivity (Wildman–Crippen MR) is 50.5 cm³/mol. The highest BCUT2D eigenvalue weighted by Gasteiger charge is 1.92. The summed E-state index contributed by atoms with van der Waals surface area (Å²) < 4.78 is 0. The van der Waals surface area contributed by atoms with Crippen molar-refractivity contribution in [3.05, 3.63) is 48.7 Å². The summed E-state index contributed by atoms with van der Waals surface area (Å²) in [5, 5.41) is 1.12. The van der Waals surface area contributed by atoms with Gasteiger partial charge in [0, 0.05) is 11.6 Å². The summed E-state index contributed by atoms with van der Waals surface area (Å²) in [5.74, 6) is 0. The predicted octanol–water partition coefficient (Wildman–Crippen LogP) is 2.68. The SMILES string of the molecule is [CH]=Cc1cnc2ccccc2c1. The van der Waals surface area contributed by atoms with Crippen molar-refractivity contribution in [2.75, 3.05) is 0 Å². The first-order valence-electron chi connectivity index (χ1n) is 3.80. The normalized spacial score (nSPS) is 10.0. The lowest BCUT2D eigenvalue weighted by molar-refractivity contribution is 1.40. The van der Waals surface area contributed by atoms with Crippen molar-refractivity contribution >= 4 is 17.0 Å². The molecule has 1 heteroatoms. The number of hydrogen-bond acceptors (Lipinski definition) is 1. The van der Waals surface area contributed by atoms with Gasteiger partial charge in [-0.2, -0.15) is 0 Å². The molecule has 0 fully saturated rings. The average molecular weight is 154 g/mol. The van der Waals surface area contributed by atoms with Gasteiger partial charge >= 0.3 is 0 Å². The van der Waals surface area contributed by atoms with Gasteiger partial charge in [0.05, 0.1) is 5.52 Å². The first-order chi connectivity index (χ1) is 5.90. The van der Waals surface area contributed by atoms with Crippen LogP contribution in [0.3, 0.4) is 0 Å². The van der Waals surface area contributed by atoms with Gasteiger partial charge < -0.3 is 0 Å². The Balaban J connectivity index is 2.75. The zero-order valence-corrected chi connectivity index (χ0v) is 6.57. The first-order valence-corrected chi connectivity index (χ1v) is 3.80. The summed E-state index contributed by atoms with van der Waals surface area (Å²) >= 11 is 0. The Hall–Kier alpha value is -1.63. The van der Waals surface area contributed by atoms with Crippen LogP contribution in [-0.4, -0.2) is 4.98 Å². The van der Waals surface area contributed by atoms with Crippen LogP contribution in [0.15, 0.2) is 36.5 Å². The number of pyridine rings is 1. The van der Waals surface area contributed by atoms with E-state index < -0.39 is 0 Å². The van der Waals surface area contributed by atoms with Crippen molar-refractivity contribution in [1.82, 2.24) is 4.98 Å². The molecule has 1 heterocycles. The van der Waals surface area contributed by atoms with Gasteiger partial charge in [0.2, 0.25) is 0 Å². The van der Waals surface area contributed by atoms with E-state index in [1.807, 2.05) is 30.3 Å². The Morgan fingerprint density at radius 3 is 2.92 bits per heavy atom. The molecule has 1 radical (unpaired) electrons. The van der Waals surface area contributed by atoms with Crippen LogP contribution in [0.5, 0.6) is 0 Å². The van der Waals surface area contributed by atoms with Gasteiger partial charge in [-0.1, -0.05) is 30.9 Å². The van der Waals surface area contributed by atoms with E-state index in [-0.39, 0.29) is 0 Å². The fourth-order valence-electron chi connectivity index (χ4n) is 1.18. The maximum atomic E-state index is 5.38. The maximum absolute atomic E-state index is 5.38.